The van der Waals surface area contributed by atoms with E-state index in [-0.39, 0.29) is 6.04 Å². The summed E-state index contributed by atoms with van der Waals surface area (Å²) in [5.74, 6) is 0. The van der Waals surface area contributed by atoms with Gasteiger partial charge < -0.3 is 5.11 Å². The molecule has 0 bridgehead atoms. The number of hydrogen-bond donors (Lipinski definition) is 2. The van der Waals surface area contributed by atoms with Crippen molar-refractivity contribution >= 4 is 0 Å². The van der Waals surface area contributed by atoms with Crippen LogP contribution >= 0.6 is 0 Å². The topological polar surface area (TPSA) is 72.2 Å². The Morgan fingerprint density at radius 1 is 1.85 bits per heavy atom. The van der Waals surface area contributed by atoms with Crippen molar-refractivity contribution < 1.29 is 9.94 Å². The summed E-state index contributed by atoms with van der Waals surface area (Å²) in [6.07, 6.45) is 1.18. The Morgan fingerprint density at radius 3 is 3.23 bits per heavy atom. The van der Waals surface area contributed by atoms with Gasteiger partial charge in [0.15, 0.2) is 0 Å². The highest BCUT2D eigenvalue weighted by Gasteiger charge is 2.19. The number of aliphatic hydroxyl groups excluding tert-OH is 1. The second-order valence-electron chi connectivity index (χ2n) is 3.11. The van der Waals surface area contributed by atoms with Crippen molar-refractivity contribution in [2.45, 2.75) is 19.1 Å². The first-order valence-electron chi connectivity index (χ1n) is 4.22. The highest BCUT2D eigenvalue weighted by molar-refractivity contribution is 4.96. The zero-order valence-corrected chi connectivity index (χ0v) is 7.34. The van der Waals surface area contributed by atoms with Crippen molar-refractivity contribution in [2.75, 3.05) is 13.2 Å². The lowest BCUT2D eigenvalue weighted by Gasteiger charge is -2.04. The summed E-state index contributed by atoms with van der Waals surface area (Å²) >= 11 is 0. The minimum Gasteiger partial charge on any atom is -0.387 e. The van der Waals surface area contributed by atoms with E-state index in [1.54, 1.807) is 17.8 Å². The molecule has 0 aromatic carbocycles. The van der Waals surface area contributed by atoms with Gasteiger partial charge in [-0.3, -0.25) is 4.84 Å². The first-order valence-corrected chi connectivity index (χ1v) is 4.22. The molecule has 2 rings (SSSR count). The maximum Gasteiger partial charge on any atom is 0.111 e. The Balaban J connectivity index is 2.12. The Hall–Kier alpha value is -0.980. The van der Waals surface area contributed by atoms with Crippen LogP contribution in [0.15, 0.2) is 6.20 Å². The smallest absolute Gasteiger partial charge is 0.111 e. The number of hydroxylamine groups is 1. The van der Waals surface area contributed by atoms with Crippen LogP contribution in [-0.4, -0.2) is 33.3 Å². The third kappa shape index (κ3) is 1.69. The van der Waals surface area contributed by atoms with Gasteiger partial charge in [-0.05, 0) is 6.92 Å². The molecule has 1 saturated heterocycles. The zero-order chi connectivity index (χ0) is 9.26. The van der Waals surface area contributed by atoms with E-state index in [0.717, 1.165) is 6.54 Å². The highest BCUT2D eigenvalue weighted by Crippen LogP contribution is 2.12. The van der Waals surface area contributed by atoms with E-state index in [9.17, 15) is 5.11 Å². The molecular formula is C7H12N4O2. The number of aliphatic hydroxyl groups is 1. The van der Waals surface area contributed by atoms with Crippen molar-refractivity contribution in [3.63, 3.8) is 0 Å². The van der Waals surface area contributed by atoms with E-state index in [0.29, 0.717) is 12.3 Å². The Morgan fingerprint density at radius 2 is 2.69 bits per heavy atom. The summed E-state index contributed by atoms with van der Waals surface area (Å²) in [5.41, 5.74) is 3.35. The summed E-state index contributed by atoms with van der Waals surface area (Å²) in [6.45, 7) is 2.98. The lowest BCUT2D eigenvalue weighted by atomic mass is 10.3. The average molecular weight is 184 g/mol. The molecule has 2 heterocycles. The van der Waals surface area contributed by atoms with Gasteiger partial charge in [-0.15, -0.1) is 5.10 Å². The molecule has 0 radical (unpaired) electrons. The molecule has 1 aliphatic rings. The van der Waals surface area contributed by atoms with Gasteiger partial charge >= 0.3 is 0 Å². The fourth-order valence-electron chi connectivity index (χ4n) is 1.20. The molecule has 0 amide bonds. The fraction of sp³-hybridized carbons (Fsp3) is 0.714. The van der Waals surface area contributed by atoms with Gasteiger partial charge in [-0.1, -0.05) is 5.21 Å². The van der Waals surface area contributed by atoms with Gasteiger partial charge in [-0.2, -0.15) is 0 Å². The molecule has 2 N–H and O–H groups in total. The lowest BCUT2D eigenvalue weighted by Crippen LogP contribution is -2.14. The third-order valence-electron chi connectivity index (χ3n) is 2.03. The van der Waals surface area contributed by atoms with Crippen LogP contribution in [0.25, 0.3) is 0 Å². The fourth-order valence-corrected chi connectivity index (χ4v) is 1.20. The molecule has 72 valence electrons. The molecule has 0 saturated carbocycles. The number of hydrogen-bond acceptors (Lipinski definition) is 5. The number of rotatable bonds is 2. The largest absolute Gasteiger partial charge is 0.387 e. The minimum absolute atomic E-state index is 0.181. The van der Waals surface area contributed by atoms with Crippen molar-refractivity contribution in [1.29, 1.82) is 0 Å². The predicted molar refractivity (Wildman–Crippen MR) is 43.6 cm³/mol. The molecule has 0 spiro atoms. The molecule has 1 aliphatic heterocycles. The summed E-state index contributed by atoms with van der Waals surface area (Å²) in [5, 5.41) is 17.0. The van der Waals surface area contributed by atoms with E-state index in [1.165, 1.54) is 0 Å². The van der Waals surface area contributed by atoms with E-state index >= 15 is 0 Å². The minimum atomic E-state index is -0.566. The first-order chi connectivity index (χ1) is 6.27. The van der Waals surface area contributed by atoms with E-state index in [2.05, 4.69) is 15.8 Å². The molecule has 1 unspecified atom stereocenters. The molecule has 2 atom stereocenters. The van der Waals surface area contributed by atoms with Crippen LogP contribution in [0.1, 0.15) is 24.8 Å². The number of nitrogens with zero attached hydrogens (tertiary/aromatic N) is 3. The maximum absolute atomic E-state index is 9.22. The van der Waals surface area contributed by atoms with Crippen LogP contribution in [-0.2, 0) is 4.84 Å². The van der Waals surface area contributed by atoms with Gasteiger partial charge in [0, 0.05) is 6.54 Å². The van der Waals surface area contributed by atoms with E-state index < -0.39 is 6.10 Å². The Bertz CT molecular complexity index is 280. The van der Waals surface area contributed by atoms with Crippen molar-refractivity contribution in [1.82, 2.24) is 20.5 Å². The van der Waals surface area contributed by atoms with E-state index in [1.807, 2.05) is 0 Å². The van der Waals surface area contributed by atoms with Crippen LogP contribution in [0.2, 0.25) is 0 Å². The Labute approximate surface area is 75.5 Å². The van der Waals surface area contributed by atoms with Crippen LogP contribution in [0, 0.1) is 0 Å². The average Bonchev–Trinajstić information content (AvgIpc) is 2.75. The van der Waals surface area contributed by atoms with Crippen molar-refractivity contribution in [3.8, 4) is 0 Å². The van der Waals surface area contributed by atoms with Gasteiger partial charge in [0.05, 0.1) is 24.9 Å². The lowest BCUT2D eigenvalue weighted by molar-refractivity contribution is 0.0968. The van der Waals surface area contributed by atoms with Crippen LogP contribution < -0.4 is 5.48 Å². The quantitative estimate of drug-likeness (QED) is 0.642. The molecule has 6 heteroatoms. The third-order valence-corrected chi connectivity index (χ3v) is 2.03. The summed E-state index contributed by atoms with van der Waals surface area (Å²) in [4.78, 5) is 4.98. The normalized spacial score (nSPS) is 24.9. The summed E-state index contributed by atoms with van der Waals surface area (Å²) < 4.78 is 1.71. The second-order valence-corrected chi connectivity index (χ2v) is 3.11. The van der Waals surface area contributed by atoms with Crippen LogP contribution in [0.4, 0.5) is 0 Å². The van der Waals surface area contributed by atoms with Crippen molar-refractivity contribution in [3.05, 3.63) is 11.9 Å². The van der Waals surface area contributed by atoms with Gasteiger partial charge in [0.1, 0.15) is 5.69 Å². The Kier molecular flexibility index (Phi) is 2.26. The molecule has 1 fully saturated rings. The monoisotopic (exact) mass is 184 g/mol. The van der Waals surface area contributed by atoms with Crippen molar-refractivity contribution in [2.24, 2.45) is 0 Å². The molecule has 1 aromatic rings. The molecule has 6 nitrogen and oxygen atoms in total. The van der Waals surface area contributed by atoms with Gasteiger partial charge in [0.25, 0.3) is 0 Å². The number of aromatic nitrogens is 3. The standard InChI is InChI=1S/C7H12N4O2/c1-5(12)7-3-11(10-9-7)6-2-8-13-4-6/h3,5-6,8,12H,2,4H2,1H3/t5?,6-/m0/s1. The highest BCUT2D eigenvalue weighted by atomic mass is 16.7. The molecule has 0 aliphatic carbocycles. The van der Waals surface area contributed by atoms with Gasteiger partial charge in [-0.25, -0.2) is 10.2 Å². The SMILES string of the molecule is CC(O)c1cn([C@H]2CNOC2)nn1. The number of nitrogens with one attached hydrogen (secondary N) is 1. The molecule has 1 aromatic heterocycles. The summed E-state index contributed by atoms with van der Waals surface area (Å²) in [6, 6.07) is 0.181. The summed E-state index contributed by atoms with van der Waals surface area (Å²) in [7, 11) is 0. The van der Waals surface area contributed by atoms with Gasteiger partial charge in [0.2, 0.25) is 0 Å². The molecular weight excluding hydrogens is 172 g/mol. The molecule has 13 heavy (non-hydrogen) atoms. The second kappa shape index (κ2) is 3.41. The maximum atomic E-state index is 9.22. The van der Waals surface area contributed by atoms with Crippen LogP contribution in [0.3, 0.4) is 0 Å². The zero-order valence-electron chi connectivity index (χ0n) is 7.34. The van der Waals surface area contributed by atoms with E-state index in [4.69, 9.17) is 4.84 Å². The first kappa shape index (κ1) is 8.61. The van der Waals surface area contributed by atoms with Crippen LogP contribution in [0.5, 0.6) is 0 Å². The predicted octanol–water partition coefficient (Wildman–Crippen LogP) is -0.593.